The highest BCUT2D eigenvalue weighted by atomic mass is 16.4. The number of rotatable bonds is 3. The van der Waals surface area contributed by atoms with Gasteiger partial charge in [0.05, 0.1) is 0 Å². The lowest BCUT2D eigenvalue weighted by atomic mass is 10.2. The molecule has 0 amide bonds. The molecule has 1 rings (SSSR count). The van der Waals surface area contributed by atoms with Gasteiger partial charge in [-0.3, -0.25) is 5.41 Å². The first-order chi connectivity index (χ1) is 7.08. The van der Waals surface area contributed by atoms with Crippen LogP contribution in [0.1, 0.15) is 5.56 Å². The zero-order chi connectivity index (χ0) is 11.3. The summed E-state index contributed by atoms with van der Waals surface area (Å²) in [7, 11) is 0. The monoisotopic (exact) mass is 205 g/mol. The van der Waals surface area contributed by atoms with Gasteiger partial charge in [-0.15, -0.1) is 0 Å². The number of guanidine groups is 1. The summed E-state index contributed by atoms with van der Waals surface area (Å²) in [5.41, 5.74) is 6.60. The van der Waals surface area contributed by atoms with Gasteiger partial charge in [-0.05, 0) is 23.8 Å². The van der Waals surface area contributed by atoms with Crippen LogP contribution in [0.3, 0.4) is 0 Å². The van der Waals surface area contributed by atoms with Crippen LogP contribution in [0.4, 0.5) is 5.69 Å². The fraction of sp³-hybridized carbons (Fsp3) is 0. The number of aliphatic carboxylic acids is 1. The Morgan fingerprint density at radius 1 is 1.40 bits per heavy atom. The largest absolute Gasteiger partial charge is 0.478 e. The molecule has 0 fully saturated rings. The van der Waals surface area contributed by atoms with Gasteiger partial charge in [0.25, 0.3) is 0 Å². The first-order valence-corrected chi connectivity index (χ1v) is 4.20. The van der Waals surface area contributed by atoms with Crippen molar-refractivity contribution in [1.82, 2.24) is 0 Å². The van der Waals surface area contributed by atoms with Crippen molar-refractivity contribution in [2.24, 2.45) is 5.73 Å². The highest BCUT2D eigenvalue weighted by Crippen LogP contribution is 2.10. The summed E-state index contributed by atoms with van der Waals surface area (Å²) in [4.78, 5) is 10.2. The smallest absolute Gasteiger partial charge is 0.328 e. The number of hydrogen-bond donors (Lipinski definition) is 4. The molecular formula is C10H11N3O2. The molecule has 5 heteroatoms. The average Bonchev–Trinajstić information content (AvgIpc) is 2.16. The Labute approximate surface area is 86.7 Å². The number of nitrogens with two attached hydrogens (primary N) is 1. The van der Waals surface area contributed by atoms with Gasteiger partial charge in [0.2, 0.25) is 0 Å². The van der Waals surface area contributed by atoms with Gasteiger partial charge in [-0.2, -0.15) is 0 Å². The quantitative estimate of drug-likeness (QED) is 0.337. The summed E-state index contributed by atoms with van der Waals surface area (Å²) < 4.78 is 0. The number of carboxylic acids is 1. The van der Waals surface area contributed by atoms with E-state index in [0.717, 1.165) is 11.6 Å². The summed E-state index contributed by atoms with van der Waals surface area (Å²) >= 11 is 0. The van der Waals surface area contributed by atoms with Gasteiger partial charge >= 0.3 is 5.97 Å². The van der Waals surface area contributed by atoms with E-state index in [1.165, 1.54) is 6.08 Å². The number of nitrogens with one attached hydrogen (secondary N) is 2. The van der Waals surface area contributed by atoms with Gasteiger partial charge in [0.15, 0.2) is 5.96 Å². The van der Waals surface area contributed by atoms with E-state index in [0.29, 0.717) is 5.69 Å². The molecular weight excluding hydrogens is 194 g/mol. The molecule has 5 nitrogen and oxygen atoms in total. The summed E-state index contributed by atoms with van der Waals surface area (Å²) in [6.45, 7) is 0. The van der Waals surface area contributed by atoms with Crippen LogP contribution in [-0.2, 0) is 4.79 Å². The Bertz CT molecular complexity index is 396. The van der Waals surface area contributed by atoms with Crippen LogP contribution >= 0.6 is 0 Å². The number of carbonyl (C=O) groups is 1. The highest BCUT2D eigenvalue weighted by Gasteiger charge is 1.93. The fourth-order valence-corrected chi connectivity index (χ4v) is 1.00. The molecule has 0 aromatic heterocycles. The molecule has 5 N–H and O–H groups in total. The van der Waals surface area contributed by atoms with Crippen molar-refractivity contribution in [3.63, 3.8) is 0 Å². The van der Waals surface area contributed by atoms with Crippen molar-refractivity contribution in [2.45, 2.75) is 0 Å². The predicted octanol–water partition coefficient (Wildman–Crippen LogP) is 1.09. The van der Waals surface area contributed by atoms with E-state index in [9.17, 15) is 4.79 Å². The Kier molecular flexibility index (Phi) is 3.45. The van der Waals surface area contributed by atoms with E-state index in [1.54, 1.807) is 24.3 Å². The second-order valence-corrected chi connectivity index (χ2v) is 2.83. The van der Waals surface area contributed by atoms with Gasteiger partial charge in [0.1, 0.15) is 0 Å². The predicted molar refractivity (Wildman–Crippen MR) is 58.6 cm³/mol. The minimum Gasteiger partial charge on any atom is -0.478 e. The summed E-state index contributed by atoms with van der Waals surface area (Å²) in [5.74, 6) is -1.12. The average molecular weight is 205 g/mol. The van der Waals surface area contributed by atoms with E-state index in [-0.39, 0.29) is 5.96 Å². The second kappa shape index (κ2) is 4.80. The van der Waals surface area contributed by atoms with Crippen LogP contribution in [0.5, 0.6) is 0 Å². The summed E-state index contributed by atoms with van der Waals surface area (Å²) in [6, 6.07) is 6.88. The lowest BCUT2D eigenvalue weighted by molar-refractivity contribution is -0.131. The van der Waals surface area contributed by atoms with Crippen LogP contribution in [0.2, 0.25) is 0 Å². The normalized spacial score (nSPS) is 10.1. The Hall–Kier alpha value is -2.30. The Morgan fingerprint density at radius 3 is 2.47 bits per heavy atom. The molecule has 0 atom stereocenters. The SMILES string of the molecule is N=C(N)Nc1ccc(C=CC(=O)O)cc1. The van der Waals surface area contributed by atoms with Crippen LogP contribution in [-0.4, -0.2) is 17.0 Å². The van der Waals surface area contributed by atoms with E-state index >= 15 is 0 Å². The molecule has 78 valence electrons. The second-order valence-electron chi connectivity index (χ2n) is 2.83. The molecule has 0 bridgehead atoms. The molecule has 0 saturated carbocycles. The first kappa shape index (κ1) is 10.8. The standard InChI is InChI=1S/C10H11N3O2/c11-10(12)13-8-4-1-7(2-5-8)3-6-9(14)15/h1-6H,(H,14,15)(H4,11,12,13). The van der Waals surface area contributed by atoms with Crippen LogP contribution in [0.15, 0.2) is 30.3 Å². The van der Waals surface area contributed by atoms with Gasteiger partial charge in [-0.1, -0.05) is 12.1 Å². The van der Waals surface area contributed by atoms with Gasteiger partial charge in [-0.25, -0.2) is 4.79 Å². The maximum absolute atomic E-state index is 10.2. The molecule has 1 aromatic carbocycles. The first-order valence-electron chi connectivity index (χ1n) is 4.20. The maximum atomic E-state index is 10.2. The van der Waals surface area contributed by atoms with E-state index in [1.807, 2.05) is 0 Å². The van der Waals surface area contributed by atoms with E-state index in [4.69, 9.17) is 16.2 Å². The third-order valence-electron chi connectivity index (χ3n) is 1.61. The van der Waals surface area contributed by atoms with Crippen molar-refractivity contribution >= 4 is 23.7 Å². The van der Waals surface area contributed by atoms with Crippen molar-refractivity contribution < 1.29 is 9.90 Å². The van der Waals surface area contributed by atoms with E-state index < -0.39 is 5.97 Å². The van der Waals surface area contributed by atoms with Crippen molar-refractivity contribution in [3.05, 3.63) is 35.9 Å². The zero-order valence-electron chi connectivity index (χ0n) is 7.90. The topological polar surface area (TPSA) is 99.2 Å². The molecule has 1 aromatic rings. The minimum atomic E-state index is -0.985. The van der Waals surface area contributed by atoms with Gasteiger partial charge in [0, 0.05) is 11.8 Å². The molecule has 0 unspecified atom stereocenters. The van der Waals surface area contributed by atoms with Crippen molar-refractivity contribution in [2.75, 3.05) is 5.32 Å². The molecule has 0 radical (unpaired) electrons. The molecule has 0 spiro atoms. The Morgan fingerprint density at radius 2 is 2.00 bits per heavy atom. The zero-order valence-corrected chi connectivity index (χ0v) is 7.90. The van der Waals surface area contributed by atoms with Crippen LogP contribution in [0.25, 0.3) is 6.08 Å². The Balaban J connectivity index is 2.72. The highest BCUT2D eigenvalue weighted by molar-refractivity contribution is 5.90. The molecule has 15 heavy (non-hydrogen) atoms. The number of hydrogen-bond acceptors (Lipinski definition) is 2. The molecule has 0 saturated heterocycles. The van der Waals surface area contributed by atoms with E-state index in [2.05, 4.69) is 5.32 Å². The number of anilines is 1. The molecule has 0 heterocycles. The maximum Gasteiger partial charge on any atom is 0.328 e. The molecule has 0 aliphatic heterocycles. The van der Waals surface area contributed by atoms with Crippen LogP contribution in [0, 0.1) is 5.41 Å². The number of benzene rings is 1. The third kappa shape index (κ3) is 3.95. The molecule has 0 aliphatic carbocycles. The summed E-state index contributed by atoms with van der Waals surface area (Å²) in [5, 5.41) is 18.0. The van der Waals surface area contributed by atoms with Crippen molar-refractivity contribution in [3.8, 4) is 0 Å². The fourth-order valence-electron chi connectivity index (χ4n) is 1.00. The number of carboxylic acid groups (broad SMARTS) is 1. The van der Waals surface area contributed by atoms with Crippen LogP contribution < -0.4 is 11.1 Å². The lowest BCUT2D eigenvalue weighted by Crippen LogP contribution is -2.20. The molecule has 0 aliphatic rings. The minimum absolute atomic E-state index is 0.135. The lowest BCUT2D eigenvalue weighted by Gasteiger charge is -2.02. The van der Waals surface area contributed by atoms with Gasteiger partial charge < -0.3 is 16.2 Å². The third-order valence-corrected chi connectivity index (χ3v) is 1.61. The summed E-state index contributed by atoms with van der Waals surface area (Å²) in [6.07, 6.45) is 2.55. The van der Waals surface area contributed by atoms with Crippen molar-refractivity contribution in [1.29, 1.82) is 5.41 Å².